The number of carbonyl (C=O) groups is 1. The van der Waals surface area contributed by atoms with Crippen molar-refractivity contribution in [1.82, 2.24) is 9.55 Å². The normalized spacial score (nSPS) is 17.2. The Morgan fingerprint density at radius 1 is 1.53 bits per heavy atom. The number of imidazole rings is 1. The average molecular weight is 254 g/mol. The van der Waals surface area contributed by atoms with Crippen molar-refractivity contribution in [2.75, 3.05) is 5.75 Å². The Bertz CT molecular complexity index is 397. The zero-order valence-corrected chi connectivity index (χ0v) is 10.9. The van der Waals surface area contributed by atoms with Crippen LogP contribution in [0.1, 0.15) is 43.8 Å². The summed E-state index contributed by atoms with van der Waals surface area (Å²) in [6, 6.07) is 0.515. The molecule has 1 aromatic rings. The number of aliphatic carboxylic acids is 1. The van der Waals surface area contributed by atoms with Gasteiger partial charge in [-0.1, -0.05) is 31.0 Å². The SMILES string of the molecule is Cc1cn(C2CCCCC2)c(SCC(=O)O)n1. The largest absolute Gasteiger partial charge is 0.481 e. The maximum Gasteiger partial charge on any atom is 0.313 e. The first kappa shape index (κ1) is 12.5. The van der Waals surface area contributed by atoms with E-state index < -0.39 is 5.97 Å². The van der Waals surface area contributed by atoms with Crippen molar-refractivity contribution >= 4 is 17.7 Å². The molecule has 4 nitrogen and oxygen atoms in total. The van der Waals surface area contributed by atoms with Crippen LogP contribution in [0.25, 0.3) is 0 Å². The van der Waals surface area contributed by atoms with Crippen LogP contribution < -0.4 is 0 Å². The predicted octanol–water partition coefficient (Wildman–Crippen LogP) is 2.87. The molecule has 0 bridgehead atoms. The van der Waals surface area contributed by atoms with E-state index in [0.29, 0.717) is 6.04 Å². The summed E-state index contributed by atoms with van der Waals surface area (Å²) < 4.78 is 2.18. The van der Waals surface area contributed by atoms with Crippen LogP contribution in [0.5, 0.6) is 0 Å². The first-order valence-electron chi connectivity index (χ1n) is 6.07. The molecule has 1 aliphatic rings. The monoisotopic (exact) mass is 254 g/mol. The molecule has 94 valence electrons. The number of hydrogen-bond donors (Lipinski definition) is 1. The first-order chi connectivity index (χ1) is 8.16. The fourth-order valence-electron chi connectivity index (χ4n) is 2.35. The van der Waals surface area contributed by atoms with Crippen molar-refractivity contribution in [2.45, 2.75) is 50.2 Å². The Morgan fingerprint density at radius 2 is 2.24 bits per heavy atom. The van der Waals surface area contributed by atoms with Gasteiger partial charge in [0.05, 0.1) is 11.4 Å². The summed E-state index contributed by atoms with van der Waals surface area (Å²) in [7, 11) is 0. The standard InChI is InChI=1S/C12H18N2O2S/c1-9-7-14(10-5-3-2-4-6-10)12(13-9)17-8-11(15)16/h7,10H,2-6,8H2,1H3,(H,15,16). The maximum atomic E-state index is 10.6. The van der Waals surface area contributed by atoms with E-state index in [1.165, 1.54) is 43.9 Å². The topological polar surface area (TPSA) is 55.1 Å². The van der Waals surface area contributed by atoms with E-state index >= 15 is 0 Å². The van der Waals surface area contributed by atoms with E-state index in [1.807, 2.05) is 6.92 Å². The van der Waals surface area contributed by atoms with Crippen LogP contribution in [0.4, 0.5) is 0 Å². The smallest absolute Gasteiger partial charge is 0.313 e. The van der Waals surface area contributed by atoms with Crippen molar-refractivity contribution in [1.29, 1.82) is 0 Å². The van der Waals surface area contributed by atoms with E-state index in [2.05, 4.69) is 15.7 Å². The van der Waals surface area contributed by atoms with Gasteiger partial charge in [0, 0.05) is 12.2 Å². The van der Waals surface area contributed by atoms with E-state index in [-0.39, 0.29) is 5.75 Å². The number of aromatic nitrogens is 2. The van der Waals surface area contributed by atoms with Crippen LogP contribution in [0.15, 0.2) is 11.4 Å². The molecule has 17 heavy (non-hydrogen) atoms. The van der Waals surface area contributed by atoms with Crippen LogP contribution >= 0.6 is 11.8 Å². The summed E-state index contributed by atoms with van der Waals surface area (Å²) in [5.41, 5.74) is 0.975. The minimum absolute atomic E-state index is 0.0865. The van der Waals surface area contributed by atoms with Gasteiger partial charge in [-0.2, -0.15) is 0 Å². The summed E-state index contributed by atoms with van der Waals surface area (Å²) in [5, 5.41) is 9.58. The molecule has 5 heteroatoms. The molecule has 0 aromatic carbocycles. The molecule has 1 fully saturated rings. The highest BCUT2D eigenvalue weighted by atomic mass is 32.2. The molecular formula is C12H18N2O2S. The van der Waals surface area contributed by atoms with Gasteiger partial charge in [-0.3, -0.25) is 4.79 Å². The van der Waals surface area contributed by atoms with Crippen molar-refractivity contribution in [3.05, 3.63) is 11.9 Å². The molecule has 0 radical (unpaired) electrons. The fourth-order valence-corrected chi connectivity index (χ4v) is 3.16. The number of rotatable bonds is 4. The van der Waals surface area contributed by atoms with Crippen molar-refractivity contribution in [3.63, 3.8) is 0 Å². The second-order valence-corrected chi connectivity index (χ2v) is 5.49. The summed E-state index contributed by atoms with van der Waals surface area (Å²) >= 11 is 1.32. The fraction of sp³-hybridized carbons (Fsp3) is 0.667. The number of thioether (sulfide) groups is 1. The molecule has 1 saturated carbocycles. The molecule has 0 atom stereocenters. The lowest BCUT2D eigenvalue weighted by molar-refractivity contribution is -0.133. The predicted molar refractivity (Wildman–Crippen MR) is 67.4 cm³/mol. The number of carboxylic acids is 1. The number of hydrogen-bond acceptors (Lipinski definition) is 3. The van der Waals surface area contributed by atoms with Gasteiger partial charge in [-0.25, -0.2) is 4.98 Å². The molecule has 0 saturated heterocycles. The van der Waals surface area contributed by atoms with Crippen LogP contribution in [0.2, 0.25) is 0 Å². The van der Waals surface area contributed by atoms with Gasteiger partial charge in [0.15, 0.2) is 5.16 Å². The lowest BCUT2D eigenvalue weighted by atomic mass is 9.95. The van der Waals surface area contributed by atoms with Crippen LogP contribution in [-0.2, 0) is 4.79 Å². The van der Waals surface area contributed by atoms with Crippen molar-refractivity contribution < 1.29 is 9.90 Å². The van der Waals surface area contributed by atoms with E-state index in [4.69, 9.17) is 5.11 Å². The van der Waals surface area contributed by atoms with Gasteiger partial charge in [-0.05, 0) is 19.8 Å². The lowest BCUT2D eigenvalue weighted by Gasteiger charge is -2.24. The third kappa shape index (κ3) is 3.25. The van der Waals surface area contributed by atoms with Gasteiger partial charge < -0.3 is 9.67 Å². The summed E-state index contributed by atoms with van der Waals surface area (Å²) in [6.07, 6.45) is 8.30. The highest BCUT2D eigenvalue weighted by Crippen LogP contribution is 2.32. The number of nitrogens with zero attached hydrogens (tertiary/aromatic N) is 2. The van der Waals surface area contributed by atoms with Gasteiger partial charge in [0.25, 0.3) is 0 Å². The molecule has 1 heterocycles. The molecule has 1 N–H and O–H groups in total. The van der Waals surface area contributed by atoms with Gasteiger partial charge >= 0.3 is 5.97 Å². The summed E-state index contributed by atoms with van der Waals surface area (Å²) in [4.78, 5) is 15.0. The van der Waals surface area contributed by atoms with E-state index in [0.717, 1.165) is 10.9 Å². The molecule has 0 spiro atoms. The molecule has 2 rings (SSSR count). The third-order valence-electron chi connectivity index (χ3n) is 3.11. The second kappa shape index (κ2) is 5.58. The van der Waals surface area contributed by atoms with Crippen LogP contribution in [0, 0.1) is 6.92 Å². The Labute approximate surface area is 105 Å². The Kier molecular flexibility index (Phi) is 4.10. The minimum atomic E-state index is -0.786. The average Bonchev–Trinajstić information content (AvgIpc) is 2.69. The Balaban J connectivity index is 2.11. The second-order valence-electron chi connectivity index (χ2n) is 4.55. The molecule has 1 aliphatic carbocycles. The lowest BCUT2D eigenvalue weighted by Crippen LogP contribution is -2.13. The zero-order chi connectivity index (χ0) is 12.3. The summed E-state index contributed by atoms with van der Waals surface area (Å²) in [5.74, 6) is -0.700. The van der Waals surface area contributed by atoms with Crippen molar-refractivity contribution in [2.24, 2.45) is 0 Å². The summed E-state index contributed by atoms with van der Waals surface area (Å²) in [6.45, 7) is 1.96. The van der Waals surface area contributed by atoms with Gasteiger partial charge in [0.2, 0.25) is 0 Å². The van der Waals surface area contributed by atoms with Crippen molar-refractivity contribution in [3.8, 4) is 0 Å². The zero-order valence-electron chi connectivity index (χ0n) is 10.1. The maximum absolute atomic E-state index is 10.6. The minimum Gasteiger partial charge on any atom is -0.481 e. The van der Waals surface area contributed by atoms with E-state index in [1.54, 1.807) is 0 Å². The van der Waals surface area contributed by atoms with Gasteiger partial charge in [0.1, 0.15) is 0 Å². The third-order valence-corrected chi connectivity index (χ3v) is 4.06. The highest BCUT2D eigenvalue weighted by Gasteiger charge is 2.19. The first-order valence-corrected chi connectivity index (χ1v) is 7.05. The molecule has 0 amide bonds. The molecule has 0 unspecified atom stereocenters. The quantitative estimate of drug-likeness (QED) is 0.839. The molecule has 0 aliphatic heterocycles. The van der Waals surface area contributed by atoms with Crippen LogP contribution in [-0.4, -0.2) is 26.4 Å². The number of aryl methyl sites for hydroxylation is 1. The van der Waals surface area contributed by atoms with Crippen LogP contribution in [0.3, 0.4) is 0 Å². The van der Waals surface area contributed by atoms with E-state index in [9.17, 15) is 4.79 Å². The Morgan fingerprint density at radius 3 is 2.88 bits per heavy atom. The Hall–Kier alpha value is -0.970. The van der Waals surface area contributed by atoms with Gasteiger partial charge in [-0.15, -0.1) is 0 Å². The highest BCUT2D eigenvalue weighted by molar-refractivity contribution is 7.99. The molecular weight excluding hydrogens is 236 g/mol. The number of carboxylic acid groups (broad SMARTS) is 1. The molecule has 1 aromatic heterocycles.